The van der Waals surface area contributed by atoms with Crippen molar-refractivity contribution >= 4 is 5.97 Å². The van der Waals surface area contributed by atoms with Crippen LogP contribution in [0.3, 0.4) is 0 Å². The first-order chi connectivity index (χ1) is 9.19. The number of rotatable bonds is 9. The third-order valence-corrected chi connectivity index (χ3v) is 3.57. The van der Waals surface area contributed by atoms with Crippen LogP contribution in [0.15, 0.2) is 12.5 Å². The molecule has 1 aromatic heterocycles. The Morgan fingerprint density at radius 3 is 2.84 bits per heavy atom. The lowest BCUT2D eigenvalue weighted by Crippen LogP contribution is -2.04. The van der Waals surface area contributed by atoms with Gasteiger partial charge in [0.2, 0.25) is 0 Å². The van der Waals surface area contributed by atoms with Crippen LogP contribution in [0.25, 0.3) is 0 Å². The Labute approximate surface area is 116 Å². The summed E-state index contributed by atoms with van der Waals surface area (Å²) in [6.45, 7) is 5.52. The number of carbonyl (C=O) groups excluding carboxylic acids is 1. The van der Waals surface area contributed by atoms with Gasteiger partial charge >= 0.3 is 5.97 Å². The fraction of sp³-hybridized carbons (Fsp3) is 0.733. The second kappa shape index (κ2) is 8.73. The largest absolute Gasteiger partial charge is 0.469 e. The van der Waals surface area contributed by atoms with Crippen LogP contribution >= 0.6 is 0 Å². The Balaban J connectivity index is 2.35. The smallest absolute Gasteiger partial charge is 0.305 e. The summed E-state index contributed by atoms with van der Waals surface area (Å²) < 4.78 is 6.76. The summed E-state index contributed by atoms with van der Waals surface area (Å²) in [6.07, 6.45) is 9.99. The van der Waals surface area contributed by atoms with E-state index in [1.165, 1.54) is 32.8 Å². The average Bonchev–Trinajstić information content (AvgIpc) is 2.88. The first-order valence-corrected chi connectivity index (χ1v) is 7.27. The van der Waals surface area contributed by atoms with Crippen LogP contribution in [-0.4, -0.2) is 22.6 Å². The quantitative estimate of drug-likeness (QED) is 0.645. The van der Waals surface area contributed by atoms with Gasteiger partial charge in [0.05, 0.1) is 25.6 Å². The van der Waals surface area contributed by atoms with Gasteiger partial charge in [-0.3, -0.25) is 4.79 Å². The van der Waals surface area contributed by atoms with Crippen LogP contribution in [0.1, 0.15) is 51.6 Å². The van der Waals surface area contributed by atoms with Gasteiger partial charge in [0, 0.05) is 19.2 Å². The van der Waals surface area contributed by atoms with Crippen molar-refractivity contribution in [2.75, 3.05) is 7.11 Å². The minimum atomic E-state index is -0.177. The second-order valence-electron chi connectivity index (χ2n) is 5.03. The van der Waals surface area contributed by atoms with Crippen molar-refractivity contribution in [2.24, 2.45) is 5.92 Å². The van der Waals surface area contributed by atoms with E-state index >= 15 is 0 Å². The van der Waals surface area contributed by atoms with Crippen LogP contribution in [-0.2, 0) is 22.5 Å². The molecule has 0 saturated carbocycles. The van der Waals surface area contributed by atoms with Gasteiger partial charge in [-0.2, -0.15) is 0 Å². The lowest BCUT2D eigenvalue weighted by atomic mass is 9.97. The van der Waals surface area contributed by atoms with Gasteiger partial charge in [-0.1, -0.05) is 33.1 Å². The maximum Gasteiger partial charge on any atom is 0.305 e. The van der Waals surface area contributed by atoms with E-state index in [1.54, 1.807) is 0 Å². The van der Waals surface area contributed by atoms with E-state index in [0.29, 0.717) is 12.8 Å². The number of aryl methyl sites for hydroxylation is 2. The number of nitrogens with zero attached hydrogens (tertiary/aromatic N) is 2. The number of methoxy groups -OCH3 is 1. The molecular weight excluding hydrogens is 240 g/mol. The van der Waals surface area contributed by atoms with Gasteiger partial charge < -0.3 is 9.30 Å². The molecule has 0 aliphatic carbocycles. The molecule has 1 aromatic rings. The lowest BCUT2D eigenvalue weighted by Gasteiger charge is -2.13. The highest BCUT2D eigenvalue weighted by molar-refractivity contribution is 5.69. The average molecular weight is 266 g/mol. The molecule has 1 atom stereocenters. The lowest BCUT2D eigenvalue weighted by molar-refractivity contribution is -0.140. The summed E-state index contributed by atoms with van der Waals surface area (Å²) in [6, 6.07) is 0. The highest BCUT2D eigenvalue weighted by atomic mass is 16.5. The molecule has 4 nitrogen and oxygen atoms in total. The molecule has 4 heteroatoms. The molecule has 1 heterocycles. The zero-order valence-corrected chi connectivity index (χ0v) is 12.4. The molecule has 0 bridgehead atoms. The molecule has 0 aromatic carbocycles. The number of aromatic nitrogens is 2. The summed E-state index contributed by atoms with van der Waals surface area (Å²) in [5.74, 6) is 0.634. The van der Waals surface area contributed by atoms with Crippen LogP contribution in [0.2, 0.25) is 0 Å². The number of imidazole rings is 1. The highest BCUT2D eigenvalue weighted by Crippen LogP contribution is 2.16. The Hall–Kier alpha value is -1.32. The van der Waals surface area contributed by atoms with Crippen molar-refractivity contribution < 1.29 is 9.53 Å². The fourth-order valence-electron chi connectivity index (χ4n) is 2.28. The first kappa shape index (κ1) is 15.7. The molecule has 0 aliphatic heterocycles. The van der Waals surface area contributed by atoms with E-state index in [-0.39, 0.29) is 5.97 Å². The Morgan fingerprint density at radius 1 is 1.42 bits per heavy atom. The first-order valence-electron chi connectivity index (χ1n) is 7.27. The SMILES string of the molecule is CCC[C@H](CC)CCn1cnc(CCC(=O)OC)c1. The van der Waals surface area contributed by atoms with Crippen LogP contribution in [0.5, 0.6) is 0 Å². The Morgan fingerprint density at radius 2 is 2.21 bits per heavy atom. The summed E-state index contributed by atoms with van der Waals surface area (Å²) in [5, 5.41) is 0. The third kappa shape index (κ3) is 5.90. The zero-order chi connectivity index (χ0) is 14.1. The molecule has 0 N–H and O–H groups in total. The normalized spacial score (nSPS) is 12.4. The molecule has 0 spiro atoms. The van der Waals surface area contributed by atoms with E-state index in [0.717, 1.165) is 18.2 Å². The van der Waals surface area contributed by atoms with Gasteiger partial charge in [0.15, 0.2) is 0 Å². The van der Waals surface area contributed by atoms with Gasteiger partial charge in [-0.25, -0.2) is 4.98 Å². The Bertz CT molecular complexity index is 374. The molecular formula is C15H26N2O2. The second-order valence-corrected chi connectivity index (χ2v) is 5.03. The van der Waals surface area contributed by atoms with Crippen molar-refractivity contribution in [3.63, 3.8) is 0 Å². The van der Waals surface area contributed by atoms with Crippen LogP contribution < -0.4 is 0 Å². The van der Waals surface area contributed by atoms with Gasteiger partial charge in [0.25, 0.3) is 0 Å². The number of hydrogen-bond acceptors (Lipinski definition) is 3. The summed E-state index contributed by atoms with van der Waals surface area (Å²) in [5.41, 5.74) is 0.967. The third-order valence-electron chi connectivity index (χ3n) is 3.57. The minimum Gasteiger partial charge on any atom is -0.469 e. The standard InChI is InChI=1S/C15H26N2O2/c1-4-6-13(5-2)9-10-17-11-14(16-12-17)7-8-15(18)19-3/h11-13H,4-10H2,1-3H3/t13-/m0/s1. The van der Waals surface area contributed by atoms with E-state index in [4.69, 9.17) is 0 Å². The minimum absolute atomic E-state index is 0.177. The number of ether oxygens (including phenoxy) is 1. The van der Waals surface area contributed by atoms with Crippen molar-refractivity contribution in [2.45, 2.75) is 58.9 Å². The maximum atomic E-state index is 11.1. The molecule has 0 unspecified atom stereocenters. The molecule has 1 rings (SSSR count). The molecule has 19 heavy (non-hydrogen) atoms. The summed E-state index contributed by atoms with van der Waals surface area (Å²) in [4.78, 5) is 15.4. The zero-order valence-electron chi connectivity index (χ0n) is 12.4. The molecule has 108 valence electrons. The van der Waals surface area contributed by atoms with Crippen molar-refractivity contribution in [1.82, 2.24) is 9.55 Å². The molecule has 0 saturated heterocycles. The monoisotopic (exact) mass is 266 g/mol. The number of esters is 1. The molecule has 0 aliphatic rings. The van der Waals surface area contributed by atoms with Crippen molar-refractivity contribution in [1.29, 1.82) is 0 Å². The summed E-state index contributed by atoms with van der Waals surface area (Å²) >= 11 is 0. The van der Waals surface area contributed by atoms with Crippen molar-refractivity contribution in [3.8, 4) is 0 Å². The van der Waals surface area contributed by atoms with Gasteiger partial charge in [-0.15, -0.1) is 0 Å². The molecule has 0 amide bonds. The molecule has 0 radical (unpaired) electrons. The van der Waals surface area contributed by atoms with Crippen molar-refractivity contribution in [3.05, 3.63) is 18.2 Å². The predicted molar refractivity (Wildman–Crippen MR) is 75.9 cm³/mol. The highest BCUT2D eigenvalue weighted by Gasteiger charge is 2.07. The van der Waals surface area contributed by atoms with E-state index in [9.17, 15) is 4.79 Å². The van der Waals surface area contributed by atoms with Gasteiger partial charge in [-0.05, 0) is 12.3 Å². The molecule has 0 fully saturated rings. The number of carbonyl (C=O) groups is 1. The van der Waals surface area contributed by atoms with Crippen LogP contribution in [0, 0.1) is 5.92 Å². The summed E-state index contributed by atoms with van der Waals surface area (Å²) in [7, 11) is 1.42. The van der Waals surface area contributed by atoms with E-state index in [2.05, 4.69) is 28.1 Å². The van der Waals surface area contributed by atoms with E-state index in [1.807, 2.05) is 12.5 Å². The van der Waals surface area contributed by atoms with Gasteiger partial charge in [0.1, 0.15) is 0 Å². The predicted octanol–water partition coefficient (Wildman–Crippen LogP) is 3.21. The van der Waals surface area contributed by atoms with E-state index < -0.39 is 0 Å². The Kier molecular flexibility index (Phi) is 7.23. The fourth-order valence-corrected chi connectivity index (χ4v) is 2.28. The number of hydrogen-bond donors (Lipinski definition) is 0. The van der Waals surface area contributed by atoms with Crippen LogP contribution in [0.4, 0.5) is 0 Å². The maximum absolute atomic E-state index is 11.1. The topological polar surface area (TPSA) is 44.1 Å².